The number of amides is 1. The molecule has 1 aliphatic rings. The maximum Gasteiger partial charge on any atom is 0.227 e. The number of rotatable bonds is 7. The predicted octanol–water partition coefficient (Wildman–Crippen LogP) is 3.30. The highest BCUT2D eigenvalue weighted by Crippen LogP contribution is 2.15. The molecule has 2 nitrogen and oxygen atoms in total. The van der Waals surface area contributed by atoms with Crippen molar-refractivity contribution in [1.82, 2.24) is 4.90 Å². The van der Waals surface area contributed by atoms with E-state index in [2.05, 4.69) is 6.92 Å². The lowest BCUT2D eigenvalue weighted by Crippen LogP contribution is -2.28. The second-order valence-electron chi connectivity index (χ2n) is 4.21. The maximum atomic E-state index is 11.4. The van der Waals surface area contributed by atoms with Crippen molar-refractivity contribution in [2.45, 2.75) is 58.3 Å². The van der Waals surface area contributed by atoms with Crippen LogP contribution in [-0.4, -0.2) is 22.3 Å². The molecule has 0 radical (unpaired) electrons. The highest BCUT2D eigenvalue weighted by Gasteiger charge is 2.24. The van der Waals surface area contributed by atoms with Crippen LogP contribution in [0.3, 0.4) is 0 Å². The fourth-order valence-electron chi connectivity index (χ4n) is 1.92. The quantitative estimate of drug-likeness (QED) is 0.491. The zero-order valence-corrected chi connectivity index (χ0v) is 10.4. The van der Waals surface area contributed by atoms with Crippen LogP contribution in [0.25, 0.3) is 0 Å². The SMILES string of the molecule is CCCCCCCCN1C(=O)CCC1=S. The molecule has 0 N–H and O–H groups in total. The third-order valence-electron chi connectivity index (χ3n) is 2.89. The molecule has 0 aromatic rings. The van der Waals surface area contributed by atoms with Gasteiger partial charge in [0.05, 0.1) is 4.99 Å². The summed E-state index contributed by atoms with van der Waals surface area (Å²) < 4.78 is 0. The van der Waals surface area contributed by atoms with Crippen LogP contribution in [0.1, 0.15) is 58.3 Å². The van der Waals surface area contributed by atoms with Crippen LogP contribution in [0.5, 0.6) is 0 Å². The number of hydrogen-bond acceptors (Lipinski definition) is 2. The highest BCUT2D eigenvalue weighted by atomic mass is 32.1. The van der Waals surface area contributed by atoms with Crippen molar-refractivity contribution in [3.8, 4) is 0 Å². The van der Waals surface area contributed by atoms with Crippen molar-refractivity contribution in [2.75, 3.05) is 6.54 Å². The van der Waals surface area contributed by atoms with Crippen LogP contribution in [0.4, 0.5) is 0 Å². The Bertz CT molecular complexity index is 212. The molecule has 1 heterocycles. The molecule has 86 valence electrons. The molecule has 3 heteroatoms. The van der Waals surface area contributed by atoms with Gasteiger partial charge >= 0.3 is 0 Å². The summed E-state index contributed by atoms with van der Waals surface area (Å²) in [5.74, 6) is 0.230. The van der Waals surface area contributed by atoms with Crippen LogP contribution in [0.2, 0.25) is 0 Å². The van der Waals surface area contributed by atoms with Crippen LogP contribution in [0.15, 0.2) is 0 Å². The minimum Gasteiger partial charge on any atom is -0.307 e. The van der Waals surface area contributed by atoms with E-state index in [0.29, 0.717) is 6.42 Å². The van der Waals surface area contributed by atoms with E-state index >= 15 is 0 Å². The minimum absolute atomic E-state index is 0.230. The largest absolute Gasteiger partial charge is 0.307 e. The first-order valence-corrected chi connectivity index (χ1v) is 6.49. The van der Waals surface area contributed by atoms with Crippen LogP contribution >= 0.6 is 12.2 Å². The number of thiocarbonyl (C=S) groups is 1. The first-order valence-electron chi connectivity index (χ1n) is 6.09. The van der Waals surface area contributed by atoms with Gasteiger partial charge in [-0.2, -0.15) is 0 Å². The lowest BCUT2D eigenvalue weighted by Gasteiger charge is -2.15. The molecule has 0 saturated carbocycles. The summed E-state index contributed by atoms with van der Waals surface area (Å²) in [7, 11) is 0. The summed E-state index contributed by atoms with van der Waals surface area (Å²) in [5.41, 5.74) is 0. The van der Waals surface area contributed by atoms with Crippen molar-refractivity contribution in [1.29, 1.82) is 0 Å². The molecule has 0 bridgehead atoms. The van der Waals surface area contributed by atoms with E-state index in [0.717, 1.165) is 24.4 Å². The van der Waals surface area contributed by atoms with Gasteiger partial charge in [0.2, 0.25) is 5.91 Å². The number of nitrogens with zero attached hydrogens (tertiary/aromatic N) is 1. The number of carbonyl (C=O) groups is 1. The van der Waals surface area contributed by atoms with Crippen LogP contribution in [0, 0.1) is 0 Å². The van der Waals surface area contributed by atoms with Gasteiger partial charge in [0.15, 0.2) is 0 Å². The molecular formula is C12H21NOS. The lowest BCUT2D eigenvalue weighted by atomic mass is 10.1. The molecule has 1 saturated heterocycles. The summed E-state index contributed by atoms with van der Waals surface area (Å²) in [6.45, 7) is 3.07. The summed E-state index contributed by atoms with van der Waals surface area (Å²) >= 11 is 5.14. The third kappa shape index (κ3) is 4.29. The van der Waals surface area contributed by atoms with E-state index in [1.807, 2.05) is 0 Å². The van der Waals surface area contributed by atoms with Crippen LogP contribution in [-0.2, 0) is 4.79 Å². The zero-order valence-electron chi connectivity index (χ0n) is 9.63. The minimum atomic E-state index is 0.230. The Morgan fingerprint density at radius 2 is 1.80 bits per heavy atom. The summed E-state index contributed by atoms with van der Waals surface area (Å²) in [6.07, 6.45) is 9.01. The third-order valence-corrected chi connectivity index (χ3v) is 3.31. The van der Waals surface area contributed by atoms with Gasteiger partial charge in [-0.15, -0.1) is 0 Å². The Morgan fingerprint density at radius 3 is 2.40 bits per heavy atom. The van der Waals surface area contributed by atoms with Gasteiger partial charge < -0.3 is 4.90 Å². The smallest absolute Gasteiger partial charge is 0.227 e. The molecule has 0 aromatic heterocycles. The monoisotopic (exact) mass is 227 g/mol. The molecule has 1 rings (SSSR count). The maximum absolute atomic E-state index is 11.4. The van der Waals surface area contributed by atoms with Gasteiger partial charge in [-0.1, -0.05) is 51.2 Å². The molecule has 0 aliphatic carbocycles. The number of carbonyl (C=O) groups excluding carboxylic acids is 1. The first-order chi connectivity index (χ1) is 7.25. The average molecular weight is 227 g/mol. The van der Waals surface area contributed by atoms with Gasteiger partial charge in [0.25, 0.3) is 0 Å². The van der Waals surface area contributed by atoms with E-state index < -0.39 is 0 Å². The van der Waals surface area contributed by atoms with Gasteiger partial charge in [0.1, 0.15) is 0 Å². The van der Waals surface area contributed by atoms with Gasteiger partial charge in [-0.3, -0.25) is 4.79 Å². The molecule has 0 spiro atoms. The molecule has 0 aromatic carbocycles. The molecule has 1 amide bonds. The first kappa shape index (κ1) is 12.6. The van der Waals surface area contributed by atoms with Crippen molar-refractivity contribution in [2.24, 2.45) is 0 Å². The predicted molar refractivity (Wildman–Crippen MR) is 66.9 cm³/mol. The van der Waals surface area contributed by atoms with E-state index in [9.17, 15) is 4.79 Å². The Labute approximate surface area is 98.0 Å². The molecule has 1 aliphatic heterocycles. The molecular weight excluding hydrogens is 206 g/mol. The molecule has 0 atom stereocenters. The fraction of sp³-hybridized carbons (Fsp3) is 0.833. The Kier molecular flexibility index (Phi) is 5.84. The van der Waals surface area contributed by atoms with Crippen LogP contribution < -0.4 is 0 Å². The average Bonchev–Trinajstić information content (AvgIpc) is 2.54. The Hall–Kier alpha value is -0.440. The normalized spacial score (nSPS) is 16.5. The molecule has 0 unspecified atom stereocenters. The van der Waals surface area contributed by atoms with Crippen molar-refractivity contribution in [3.05, 3.63) is 0 Å². The second kappa shape index (κ2) is 6.94. The van der Waals surface area contributed by atoms with Gasteiger partial charge in [-0.05, 0) is 6.42 Å². The van der Waals surface area contributed by atoms with E-state index in [4.69, 9.17) is 12.2 Å². The van der Waals surface area contributed by atoms with E-state index in [1.165, 1.54) is 32.1 Å². The van der Waals surface area contributed by atoms with Crippen molar-refractivity contribution >= 4 is 23.1 Å². The fourth-order valence-corrected chi connectivity index (χ4v) is 2.22. The molecule has 1 fully saturated rings. The number of unbranched alkanes of at least 4 members (excludes halogenated alkanes) is 5. The number of likely N-dealkylation sites (tertiary alicyclic amines) is 1. The summed E-state index contributed by atoms with van der Waals surface area (Å²) in [4.78, 5) is 14.0. The van der Waals surface area contributed by atoms with E-state index in [1.54, 1.807) is 4.90 Å². The zero-order chi connectivity index (χ0) is 11.1. The van der Waals surface area contributed by atoms with E-state index in [-0.39, 0.29) is 5.91 Å². The van der Waals surface area contributed by atoms with Crippen molar-refractivity contribution < 1.29 is 4.79 Å². The standard InChI is InChI=1S/C12H21NOS/c1-2-3-4-5-6-7-10-13-11(14)8-9-12(13)15/h2-10H2,1H3. The topological polar surface area (TPSA) is 20.3 Å². The second-order valence-corrected chi connectivity index (χ2v) is 4.68. The highest BCUT2D eigenvalue weighted by molar-refractivity contribution is 7.80. The Balaban J connectivity index is 2.04. The summed E-state index contributed by atoms with van der Waals surface area (Å²) in [6, 6.07) is 0. The Morgan fingerprint density at radius 1 is 1.13 bits per heavy atom. The van der Waals surface area contributed by atoms with Gasteiger partial charge in [0, 0.05) is 19.4 Å². The number of hydrogen-bond donors (Lipinski definition) is 0. The van der Waals surface area contributed by atoms with Crippen molar-refractivity contribution in [3.63, 3.8) is 0 Å². The van der Waals surface area contributed by atoms with Gasteiger partial charge in [-0.25, -0.2) is 0 Å². The lowest BCUT2D eigenvalue weighted by molar-refractivity contribution is -0.125. The summed E-state index contributed by atoms with van der Waals surface area (Å²) in [5, 5.41) is 0. The molecule has 15 heavy (non-hydrogen) atoms.